The van der Waals surface area contributed by atoms with Crippen molar-refractivity contribution < 1.29 is 24.2 Å². The average molecular weight is 528 g/mol. The lowest BCUT2D eigenvalue weighted by Gasteiger charge is -2.30. The van der Waals surface area contributed by atoms with Gasteiger partial charge in [0.15, 0.2) is 0 Å². The molecule has 3 aromatic carbocycles. The molecule has 202 valence electrons. The summed E-state index contributed by atoms with van der Waals surface area (Å²) in [5, 5.41) is 15.6. The van der Waals surface area contributed by atoms with Gasteiger partial charge in [0.2, 0.25) is 5.91 Å². The van der Waals surface area contributed by atoms with Crippen molar-refractivity contribution in [3.63, 3.8) is 0 Å². The van der Waals surface area contributed by atoms with Crippen molar-refractivity contribution in [2.45, 2.75) is 51.4 Å². The Kier molecular flexibility index (Phi) is 9.71. The maximum absolute atomic E-state index is 13.9. The Bertz CT molecular complexity index is 1310. The van der Waals surface area contributed by atoms with Crippen molar-refractivity contribution in [1.29, 1.82) is 0 Å². The summed E-state index contributed by atoms with van der Waals surface area (Å²) in [5.74, 6) is -1.33. The number of ether oxygens (including phenoxy) is 1. The van der Waals surface area contributed by atoms with Gasteiger partial charge in [-0.3, -0.25) is 14.5 Å². The molecule has 2 atom stereocenters. The van der Waals surface area contributed by atoms with Crippen LogP contribution < -0.4 is 10.6 Å². The summed E-state index contributed by atoms with van der Waals surface area (Å²) in [5.41, 5.74) is 1.14. The number of alkyl carbamates (subject to hydrolysis) is 1. The number of nitrogens with one attached hydrogen (secondary N) is 2. The summed E-state index contributed by atoms with van der Waals surface area (Å²) in [4.78, 5) is 41.1. The van der Waals surface area contributed by atoms with Gasteiger partial charge in [0.25, 0.3) is 5.91 Å². The molecular weight excluding hydrogens is 494 g/mol. The monoisotopic (exact) mass is 527 g/mol. The fraction of sp³-hybridized carbons (Fsp3) is 0.258. The van der Waals surface area contributed by atoms with Gasteiger partial charge in [0, 0.05) is 19.0 Å². The summed E-state index contributed by atoms with van der Waals surface area (Å²) in [6.07, 6.45) is 5.14. The number of amides is 3. The molecule has 0 heterocycles. The number of terminal acetylenes is 1. The van der Waals surface area contributed by atoms with E-state index in [9.17, 15) is 19.5 Å². The number of carbonyl (C=O) groups excluding carboxylic acids is 3. The van der Waals surface area contributed by atoms with Gasteiger partial charge in [-0.25, -0.2) is 4.79 Å². The lowest BCUT2D eigenvalue weighted by molar-refractivity contribution is -0.138. The molecule has 0 fully saturated rings. The van der Waals surface area contributed by atoms with Gasteiger partial charge in [-0.1, -0.05) is 79.2 Å². The molecule has 0 aliphatic rings. The van der Waals surface area contributed by atoms with Gasteiger partial charge in [-0.15, -0.1) is 0 Å². The average Bonchev–Trinajstić information content (AvgIpc) is 2.89. The van der Waals surface area contributed by atoms with Crippen LogP contribution in [0.3, 0.4) is 0 Å². The second-order valence-electron chi connectivity index (χ2n) is 9.93. The van der Waals surface area contributed by atoms with E-state index in [0.29, 0.717) is 5.56 Å². The number of phenolic OH excluding ortho intramolecular Hbond substituents is 1. The van der Waals surface area contributed by atoms with Crippen molar-refractivity contribution in [3.05, 3.63) is 102 Å². The number of benzene rings is 3. The number of hydrogen-bond acceptors (Lipinski definition) is 5. The highest BCUT2D eigenvalue weighted by molar-refractivity contribution is 5.93. The Labute approximate surface area is 229 Å². The molecule has 0 aromatic heterocycles. The second kappa shape index (κ2) is 13.2. The standard InChI is InChI=1S/C31H33N3O5/c1-5-34(29(37)26(19-22-13-8-6-9-14-22)33-30(38)39-31(2,3)4)27(24-17-12-18-25(35)20-24)28(36)32-21-23-15-10-7-11-16-23/h1,6-18,20,26-27,35H,19,21H2,2-4H3,(H,32,36)(H,33,38). The fourth-order valence-corrected chi connectivity index (χ4v) is 3.93. The molecule has 8 nitrogen and oxygen atoms in total. The maximum Gasteiger partial charge on any atom is 0.408 e. The first kappa shape index (κ1) is 28.8. The predicted molar refractivity (Wildman–Crippen MR) is 148 cm³/mol. The van der Waals surface area contributed by atoms with Gasteiger partial charge < -0.3 is 20.5 Å². The summed E-state index contributed by atoms with van der Waals surface area (Å²) in [6.45, 7) is 5.33. The topological polar surface area (TPSA) is 108 Å². The third-order valence-corrected chi connectivity index (χ3v) is 5.65. The molecule has 3 N–H and O–H groups in total. The fourth-order valence-electron chi connectivity index (χ4n) is 3.93. The van der Waals surface area contributed by atoms with Crippen molar-refractivity contribution >= 4 is 17.9 Å². The smallest absolute Gasteiger partial charge is 0.408 e. The van der Waals surface area contributed by atoms with Crippen LogP contribution in [0, 0.1) is 12.5 Å². The van der Waals surface area contributed by atoms with Crippen molar-refractivity contribution in [3.8, 4) is 18.2 Å². The van der Waals surface area contributed by atoms with E-state index in [-0.39, 0.29) is 18.7 Å². The van der Waals surface area contributed by atoms with Crippen LogP contribution in [0.2, 0.25) is 0 Å². The van der Waals surface area contributed by atoms with Crippen molar-refractivity contribution in [2.75, 3.05) is 0 Å². The van der Waals surface area contributed by atoms with E-state index in [4.69, 9.17) is 11.2 Å². The van der Waals surface area contributed by atoms with Crippen LogP contribution >= 0.6 is 0 Å². The van der Waals surface area contributed by atoms with Crippen LogP contribution in [0.25, 0.3) is 0 Å². The number of hydrogen-bond donors (Lipinski definition) is 3. The minimum Gasteiger partial charge on any atom is -0.508 e. The third kappa shape index (κ3) is 8.64. The quantitative estimate of drug-likeness (QED) is 0.284. The zero-order valence-corrected chi connectivity index (χ0v) is 22.3. The molecule has 39 heavy (non-hydrogen) atoms. The number of rotatable bonds is 9. The summed E-state index contributed by atoms with van der Waals surface area (Å²) < 4.78 is 5.38. The van der Waals surface area contributed by atoms with Gasteiger partial charge in [-0.2, -0.15) is 0 Å². The molecule has 0 radical (unpaired) electrons. The molecule has 0 saturated carbocycles. The molecule has 3 amide bonds. The number of nitrogens with zero attached hydrogens (tertiary/aromatic N) is 1. The summed E-state index contributed by atoms with van der Waals surface area (Å²) >= 11 is 0. The van der Waals surface area contributed by atoms with Crippen molar-refractivity contribution in [2.24, 2.45) is 0 Å². The van der Waals surface area contributed by atoms with Gasteiger partial charge in [-0.05, 0) is 49.6 Å². The van der Waals surface area contributed by atoms with E-state index in [1.54, 1.807) is 32.9 Å². The van der Waals surface area contributed by atoms with E-state index in [1.165, 1.54) is 12.1 Å². The first-order valence-electron chi connectivity index (χ1n) is 12.5. The van der Waals surface area contributed by atoms with E-state index in [0.717, 1.165) is 16.0 Å². The zero-order valence-electron chi connectivity index (χ0n) is 22.3. The Morgan fingerprint density at radius 1 is 0.949 bits per heavy atom. The molecule has 0 aliphatic heterocycles. The normalized spacial score (nSPS) is 12.4. The highest BCUT2D eigenvalue weighted by atomic mass is 16.6. The lowest BCUT2D eigenvalue weighted by Crippen LogP contribution is -2.52. The van der Waals surface area contributed by atoms with Gasteiger partial charge in [0.05, 0.1) is 0 Å². The van der Waals surface area contributed by atoms with Crippen LogP contribution in [0.5, 0.6) is 5.75 Å². The van der Waals surface area contributed by atoms with Gasteiger partial charge in [0.1, 0.15) is 23.4 Å². The van der Waals surface area contributed by atoms with E-state index in [1.807, 2.05) is 60.7 Å². The number of aromatic hydroxyl groups is 1. The van der Waals surface area contributed by atoms with E-state index < -0.39 is 35.6 Å². The Balaban J connectivity index is 1.95. The van der Waals surface area contributed by atoms with E-state index >= 15 is 0 Å². The minimum absolute atomic E-state index is 0.0921. The molecular formula is C31H33N3O5. The van der Waals surface area contributed by atoms with E-state index in [2.05, 4.69) is 16.7 Å². The molecule has 0 saturated heterocycles. The molecule has 3 aromatic rings. The van der Waals surface area contributed by atoms with Crippen LogP contribution in [0.15, 0.2) is 84.9 Å². The molecule has 0 spiro atoms. The molecule has 8 heteroatoms. The third-order valence-electron chi connectivity index (χ3n) is 5.65. The molecule has 0 aliphatic carbocycles. The van der Waals surface area contributed by atoms with Crippen LogP contribution in [-0.4, -0.2) is 39.6 Å². The Morgan fingerprint density at radius 2 is 1.56 bits per heavy atom. The first-order chi connectivity index (χ1) is 18.6. The summed E-state index contributed by atoms with van der Waals surface area (Å²) in [6, 6.07) is 24.3. The maximum atomic E-state index is 13.9. The Morgan fingerprint density at radius 3 is 2.13 bits per heavy atom. The SMILES string of the molecule is C#CN(C(=O)C(Cc1ccccc1)NC(=O)OC(C)(C)C)C(C(=O)NCc1ccccc1)c1cccc(O)c1. The van der Waals surface area contributed by atoms with Gasteiger partial charge >= 0.3 is 6.09 Å². The van der Waals surface area contributed by atoms with Crippen molar-refractivity contribution in [1.82, 2.24) is 15.5 Å². The highest BCUT2D eigenvalue weighted by Gasteiger charge is 2.36. The lowest BCUT2D eigenvalue weighted by atomic mass is 10.0. The largest absolute Gasteiger partial charge is 0.508 e. The first-order valence-corrected chi connectivity index (χ1v) is 12.5. The van der Waals surface area contributed by atoms with Crippen LogP contribution in [0.4, 0.5) is 4.79 Å². The van der Waals surface area contributed by atoms with Crippen LogP contribution in [0.1, 0.15) is 43.5 Å². The highest BCUT2D eigenvalue weighted by Crippen LogP contribution is 2.25. The number of carbonyl (C=O) groups is 3. The molecule has 0 bridgehead atoms. The number of phenols is 1. The summed E-state index contributed by atoms with van der Waals surface area (Å²) in [7, 11) is 0. The van der Waals surface area contributed by atoms with Crippen LogP contribution in [-0.2, 0) is 27.3 Å². The predicted octanol–water partition coefficient (Wildman–Crippen LogP) is 4.31. The second-order valence-corrected chi connectivity index (χ2v) is 9.93. The molecule has 2 unspecified atom stereocenters. The Hall–Kier alpha value is -4.77. The molecule has 3 rings (SSSR count). The zero-order chi connectivity index (χ0) is 28.4. The minimum atomic E-state index is -1.28.